The van der Waals surface area contributed by atoms with Crippen molar-refractivity contribution in [1.29, 1.82) is 0 Å². The van der Waals surface area contributed by atoms with Crippen molar-refractivity contribution >= 4 is 55.7 Å². The fourth-order valence-corrected chi connectivity index (χ4v) is 8.45. The average Bonchev–Trinajstić information content (AvgIpc) is 3.30. The van der Waals surface area contributed by atoms with E-state index in [-0.39, 0.29) is 0 Å². The maximum Gasteiger partial charge on any atom is 0.0541 e. The van der Waals surface area contributed by atoms with E-state index >= 15 is 0 Å². The molecular formula is C56H40N2. The summed E-state index contributed by atoms with van der Waals surface area (Å²) in [5.74, 6) is 0. The topological polar surface area (TPSA) is 6.48 Å². The number of nitrogens with zero attached hydrogens (tertiary/aromatic N) is 2. The summed E-state index contributed by atoms with van der Waals surface area (Å²) in [5.41, 5.74) is 13.7. The van der Waals surface area contributed by atoms with Crippen molar-refractivity contribution in [2.24, 2.45) is 0 Å². The van der Waals surface area contributed by atoms with Crippen LogP contribution in [0.2, 0.25) is 0 Å². The molecule has 0 heterocycles. The minimum absolute atomic E-state index is 1.08. The summed E-state index contributed by atoms with van der Waals surface area (Å²) in [6.07, 6.45) is 0. The number of fused-ring (bicyclic) bond motifs is 2. The van der Waals surface area contributed by atoms with Gasteiger partial charge in [0, 0.05) is 34.0 Å². The number of hydrogen-bond donors (Lipinski definition) is 0. The molecule has 58 heavy (non-hydrogen) atoms. The Morgan fingerprint density at radius 1 is 0.224 bits per heavy atom. The van der Waals surface area contributed by atoms with Gasteiger partial charge in [0.25, 0.3) is 0 Å². The molecule has 0 spiro atoms. The van der Waals surface area contributed by atoms with Crippen molar-refractivity contribution in [3.05, 3.63) is 243 Å². The molecule has 0 N–H and O–H groups in total. The lowest BCUT2D eigenvalue weighted by molar-refractivity contribution is 1.26. The zero-order valence-electron chi connectivity index (χ0n) is 32.0. The van der Waals surface area contributed by atoms with Crippen LogP contribution >= 0.6 is 0 Å². The second-order valence-electron chi connectivity index (χ2n) is 14.5. The predicted molar refractivity (Wildman–Crippen MR) is 247 cm³/mol. The Labute approximate surface area is 340 Å². The Morgan fingerprint density at radius 2 is 0.586 bits per heavy atom. The van der Waals surface area contributed by atoms with E-state index in [1.807, 2.05) is 0 Å². The maximum absolute atomic E-state index is 2.42. The third-order valence-electron chi connectivity index (χ3n) is 11.0. The quantitative estimate of drug-likeness (QED) is 0.136. The van der Waals surface area contributed by atoms with Crippen molar-refractivity contribution in [3.8, 4) is 33.4 Å². The highest BCUT2D eigenvalue weighted by Crippen LogP contribution is 2.48. The molecule has 2 nitrogen and oxygen atoms in total. The van der Waals surface area contributed by atoms with Crippen molar-refractivity contribution in [2.45, 2.75) is 0 Å². The monoisotopic (exact) mass is 740 g/mol. The van der Waals surface area contributed by atoms with Crippen LogP contribution in [0.5, 0.6) is 0 Å². The largest absolute Gasteiger partial charge is 0.310 e. The molecular weight excluding hydrogens is 701 g/mol. The van der Waals surface area contributed by atoms with Crippen LogP contribution in [0.25, 0.3) is 54.9 Å². The number of para-hydroxylation sites is 3. The normalized spacial score (nSPS) is 11.1. The first-order valence-electron chi connectivity index (χ1n) is 19.9. The van der Waals surface area contributed by atoms with E-state index in [2.05, 4.69) is 252 Å². The van der Waals surface area contributed by atoms with Gasteiger partial charge in [0.2, 0.25) is 0 Å². The van der Waals surface area contributed by atoms with Gasteiger partial charge >= 0.3 is 0 Å². The van der Waals surface area contributed by atoms with Gasteiger partial charge in [-0.25, -0.2) is 0 Å². The van der Waals surface area contributed by atoms with Crippen LogP contribution in [0.15, 0.2) is 243 Å². The second-order valence-corrected chi connectivity index (χ2v) is 14.5. The third kappa shape index (κ3) is 6.47. The molecule has 0 radical (unpaired) electrons. The van der Waals surface area contributed by atoms with Crippen molar-refractivity contribution in [3.63, 3.8) is 0 Å². The van der Waals surface area contributed by atoms with Crippen LogP contribution in [0, 0.1) is 0 Å². The molecule has 10 aromatic rings. The van der Waals surface area contributed by atoms with Gasteiger partial charge in [0.05, 0.1) is 5.69 Å². The van der Waals surface area contributed by atoms with Crippen molar-refractivity contribution in [1.82, 2.24) is 0 Å². The number of benzene rings is 10. The standard InChI is InChI=1S/C56H40N2/c1-7-21-41(22-8-1)52-39-47(57(44-27-13-4-14-28-44)45-29-15-5-16-30-45)36-38-54(52)58(46-31-17-6-18-32-46)48-35-37-51-53(40-48)56(43-25-11-3-12-26-43)50-34-20-19-33-49(50)55(51)42-23-9-2-10-24-42/h1-40H. The van der Waals surface area contributed by atoms with Crippen LogP contribution in [0.1, 0.15) is 0 Å². The van der Waals surface area contributed by atoms with E-state index in [0.717, 1.165) is 45.3 Å². The third-order valence-corrected chi connectivity index (χ3v) is 11.0. The van der Waals surface area contributed by atoms with Gasteiger partial charge in [-0.2, -0.15) is 0 Å². The summed E-state index contributed by atoms with van der Waals surface area (Å²) in [5, 5.41) is 4.91. The lowest BCUT2D eigenvalue weighted by Gasteiger charge is -2.31. The molecule has 0 aliphatic rings. The Morgan fingerprint density at radius 3 is 1.09 bits per heavy atom. The first kappa shape index (κ1) is 34.8. The van der Waals surface area contributed by atoms with Crippen molar-refractivity contribution in [2.75, 3.05) is 9.80 Å². The molecule has 0 bridgehead atoms. The Hall–Kier alpha value is -7.68. The van der Waals surface area contributed by atoms with Crippen molar-refractivity contribution < 1.29 is 0 Å². The van der Waals surface area contributed by atoms with Crippen LogP contribution < -0.4 is 9.80 Å². The molecule has 0 aromatic heterocycles. The zero-order chi connectivity index (χ0) is 38.7. The Kier molecular flexibility index (Phi) is 9.27. The SMILES string of the molecule is c1ccc(-c2cc(N(c3ccccc3)c3ccccc3)ccc2N(c2ccccc2)c2ccc3c(-c4ccccc4)c4ccccc4c(-c4ccccc4)c3c2)cc1. The van der Waals surface area contributed by atoms with E-state index < -0.39 is 0 Å². The zero-order valence-corrected chi connectivity index (χ0v) is 32.0. The van der Waals surface area contributed by atoms with Gasteiger partial charge in [0.1, 0.15) is 0 Å². The minimum atomic E-state index is 1.08. The molecule has 2 heteroatoms. The van der Waals surface area contributed by atoms with Gasteiger partial charge < -0.3 is 9.80 Å². The van der Waals surface area contributed by atoms with E-state index in [4.69, 9.17) is 0 Å². The molecule has 0 saturated carbocycles. The second kappa shape index (κ2) is 15.5. The number of hydrogen-bond acceptors (Lipinski definition) is 2. The smallest absolute Gasteiger partial charge is 0.0541 e. The van der Waals surface area contributed by atoms with E-state index in [9.17, 15) is 0 Å². The van der Waals surface area contributed by atoms with Gasteiger partial charge in [0.15, 0.2) is 0 Å². The highest BCUT2D eigenvalue weighted by Gasteiger charge is 2.23. The molecule has 0 atom stereocenters. The van der Waals surface area contributed by atoms with Gasteiger partial charge in [-0.3, -0.25) is 0 Å². The molecule has 0 amide bonds. The molecule has 10 rings (SSSR count). The Bertz CT molecular complexity index is 2930. The van der Waals surface area contributed by atoms with E-state index in [1.165, 1.54) is 43.8 Å². The molecule has 10 aromatic carbocycles. The molecule has 0 saturated heterocycles. The molecule has 0 aliphatic heterocycles. The first-order chi connectivity index (χ1) is 28.8. The summed E-state index contributed by atoms with van der Waals surface area (Å²) in [6.45, 7) is 0. The summed E-state index contributed by atoms with van der Waals surface area (Å²) < 4.78 is 0. The maximum atomic E-state index is 2.42. The highest BCUT2D eigenvalue weighted by molar-refractivity contribution is 6.22. The molecule has 0 unspecified atom stereocenters. The Balaban J connectivity index is 1.25. The van der Waals surface area contributed by atoms with E-state index in [0.29, 0.717) is 0 Å². The van der Waals surface area contributed by atoms with Gasteiger partial charge in [-0.05, 0) is 116 Å². The van der Waals surface area contributed by atoms with Crippen LogP contribution in [-0.2, 0) is 0 Å². The lowest BCUT2D eigenvalue weighted by atomic mass is 9.85. The number of rotatable bonds is 9. The van der Waals surface area contributed by atoms with Gasteiger partial charge in [-0.1, -0.05) is 176 Å². The van der Waals surface area contributed by atoms with Crippen LogP contribution in [0.3, 0.4) is 0 Å². The summed E-state index contributed by atoms with van der Waals surface area (Å²) in [7, 11) is 0. The van der Waals surface area contributed by atoms with E-state index in [1.54, 1.807) is 0 Å². The summed E-state index contributed by atoms with van der Waals surface area (Å²) >= 11 is 0. The average molecular weight is 741 g/mol. The summed E-state index contributed by atoms with van der Waals surface area (Å²) in [4.78, 5) is 4.76. The first-order valence-corrected chi connectivity index (χ1v) is 19.9. The minimum Gasteiger partial charge on any atom is -0.310 e. The fraction of sp³-hybridized carbons (Fsp3) is 0. The molecule has 0 fully saturated rings. The van der Waals surface area contributed by atoms with Crippen LogP contribution in [0.4, 0.5) is 34.1 Å². The van der Waals surface area contributed by atoms with Gasteiger partial charge in [-0.15, -0.1) is 0 Å². The molecule has 0 aliphatic carbocycles. The number of anilines is 6. The van der Waals surface area contributed by atoms with Crippen LogP contribution in [-0.4, -0.2) is 0 Å². The predicted octanol–water partition coefficient (Wildman–Crippen LogP) is 15.9. The lowest BCUT2D eigenvalue weighted by Crippen LogP contribution is -2.13. The highest BCUT2D eigenvalue weighted by atomic mass is 15.2. The fourth-order valence-electron chi connectivity index (χ4n) is 8.45. The summed E-state index contributed by atoms with van der Waals surface area (Å²) in [6, 6.07) is 87.3. The molecule has 274 valence electrons.